The Hall–Kier alpha value is -1.26. The molecule has 1 unspecified atom stereocenters. The molecule has 0 aliphatic carbocycles. The maximum atomic E-state index is 5.64. The molecule has 1 rings (SSSR count). The van der Waals surface area contributed by atoms with Crippen molar-refractivity contribution in [3.05, 3.63) is 23.8 Å². The summed E-state index contributed by atoms with van der Waals surface area (Å²) >= 11 is 0. The molecular formula is C14H23NO3. The second-order valence-corrected chi connectivity index (χ2v) is 4.34. The summed E-state index contributed by atoms with van der Waals surface area (Å²) in [5.74, 6) is 1.47. The first-order valence-electron chi connectivity index (χ1n) is 6.13. The van der Waals surface area contributed by atoms with Crippen molar-refractivity contribution in [3.63, 3.8) is 0 Å². The minimum absolute atomic E-state index is 0.146. The van der Waals surface area contributed by atoms with Crippen LogP contribution in [-0.4, -0.2) is 34.0 Å². The fourth-order valence-electron chi connectivity index (χ4n) is 1.70. The second kappa shape index (κ2) is 7.24. The first kappa shape index (κ1) is 14.8. The average molecular weight is 253 g/mol. The van der Waals surface area contributed by atoms with Crippen LogP contribution in [0.5, 0.6) is 11.5 Å². The Morgan fingerprint density at radius 1 is 1.11 bits per heavy atom. The van der Waals surface area contributed by atoms with E-state index < -0.39 is 0 Å². The minimum atomic E-state index is 0.146. The monoisotopic (exact) mass is 253 g/mol. The van der Waals surface area contributed by atoms with E-state index in [4.69, 9.17) is 14.2 Å². The van der Waals surface area contributed by atoms with E-state index in [1.807, 2.05) is 39.1 Å². The summed E-state index contributed by atoms with van der Waals surface area (Å²) in [5, 5.41) is 3.24. The summed E-state index contributed by atoms with van der Waals surface area (Å²) in [4.78, 5) is 0. The molecule has 4 heteroatoms. The Labute approximate surface area is 109 Å². The summed E-state index contributed by atoms with van der Waals surface area (Å²) in [7, 11) is 5.20. The van der Waals surface area contributed by atoms with E-state index in [2.05, 4.69) is 5.32 Å². The van der Waals surface area contributed by atoms with Gasteiger partial charge in [0.2, 0.25) is 0 Å². The molecule has 1 aromatic carbocycles. The van der Waals surface area contributed by atoms with Crippen LogP contribution in [0.1, 0.15) is 25.5 Å². The van der Waals surface area contributed by atoms with Crippen molar-refractivity contribution < 1.29 is 14.2 Å². The first-order valence-corrected chi connectivity index (χ1v) is 6.13. The van der Waals surface area contributed by atoms with Crippen LogP contribution in [0.15, 0.2) is 18.2 Å². The fraction of sp³-hybridized carbons (Fsp3) is 0.571. The van der Waals surface area contributed by atoms with Gasteiger partial charge in [-0.25, -0.2) is 0 Å². The molecule has 1 atom stereocenters. The zero-order valence-electron chi connectivity index (χ0n) is 11.8. The van der Waals surface area contributed by atoms with E-state index in [1.165, 1.54) is 0 Å². The second-order valence-electron chi connectivity index (χ2n) is 4.34. The molecule has 18 heavy (non-hydrogen) atoms. The Morgan fingerprint density at radius 3 is 2.28 bits per heavy atom. The molecular weight excluding hydrogens is 230 g/mol. The van der Waals surface area contributed by atoms with E-state index in [9.17, 15) is 0 Å². The number of benzene rings is 1. The number of nitrogens with one attached hydrogen (secondary N) is 1. The van der Waals surface area contributed by atoms with Gasteiger partial charge in [-0.3, -0.25) is 0 Å². The molecule has 102 valence electrons. The number of hydrogen-bond donors (Lipinski definition) is 1. The van der Waals surface area contributed by atoms with E-state index in [1.54, 1.807) is 14.2 Å². The summed E-state index contributed by atoms with van der Waals surface area (Å²) in [6.07, 6.45) is 0.223. The highest BCUT2D eigenvalue weighted by Gasteiger charge is 2.13. The van der Waals surface area contributed by atoms with Crippen LogP contribution in [0, 0.1) is 0 Å². The third kappa shape index (κ3) is 3.89. The van der Waals surface area contributed by atoms with Gasteiger partial charge >= 0.3 is 0 Å². The summed E-state index contributed by atoms with van der Waals surface area (Å²) in [6, 6.07) is 6.05. The lowest BCUT2D eigenvalue weighted by Crippen LogP contribution is -2.23. The van der Waals surface area contributed by atoms with E-state index in [0.29, 0.717) is 6.61 Å². The Balaban J connectivity index is 2.85. The van der Waals surface area contributed by atoms with Gasteiger partial charge in [0.15, 0.2) is 11.5 Å². The molecule has 0 amide bonds. The van der Waals surface area contributed by atoms with Gasteiger partial charge in [-0.2, -0.15) is 0 Å². The van der Waals surface area contributed by atoms with Crippen molar-refractivity contribution in [1.82, 2.24) is 5.32 Å². The zero-order chi connectivity index (χ0) is 13.5. The van der Waals surface area contributed by atoms with Crippen molar-refractivity contribution in [2.75, 3.05) is 27.9 Å². The van der Waals surface area contributed by atoms with Gasteiger partial charge in [0, 0.05) is 0 Å². The molecule has 0 fully saturated rings. The summed E-state index contributed by atoms with van der Waals surface area (Å²) in [5.41, 5.74) is 1.12. The fourth-order valence-corrected chi connectivity index (χ4v) is 1.70. The lowest BCUT2D eigenvalue weighted by molar-refractivity contribution is 0.0626. The lowest BCUT2D eigenvalue weighted by Gasteiger charge is -2.19. The number of rotatable bonds is 7. The molecule has 0 radical (unpaired) electrons. The molecule has 0 aromatic heterocycles. The molecule has 0 saturated carbocycles. The maximum absolute atomic E-state index is 5.64. The highest BCUT2D eigenvalue weighted by molar-refractivity contribution is 5.43. The van der Waals surface area contributed by atoms with Crippen molar-refractivity contribution >= 4 is 0 Å². The topological polar surface area (TPSA) is 39.7 Å². The Bertz CT molecular complexity index is 366. The predicted molar refractivity (Wildman–Crippen MR) is 72.4 cm³/mol. The quantitative estimate of drug-likeness (QED) is 0.810. The molecule has 0 aliphatic heterocycles. The van der Waals surface area contributed by atoms with Gasteiger partial charge in [-0.15, -0.1) is 0 Å². The molecule has 0 saturated heterocycles. The lowest BCUT2D eigenvalue weighted by atomic mass is 10.1. The highest BCUT2D eigenvalue weighted by Crippen LogP contribution is 2.30. The van der Waals surface area contributed by atoms with Crippen LogP contribution < -0.4 is 14.8 Å². The molecule has 1 N–H and O–H groups in total. The highest BCUT2D eigenvalue weighted by atomic mass is 16.5. The normalized spacial score (nSPS) is 12.6. The molecule has 4 nitrogen and oxygen atoms in total. The molecule has 0 aliphatic rings. The Morgan fingerprint density at radius 2 is 1.78 bits per heavy atom. The third-order valence-electron chi connectivity index (χ3n) is 2.75. The minimum Gasteiger partial charge on any atom is -0.493 e. The van der Waals surface area contributed by atoms with Gasteiger partial charge in [-0.05, 0) is 38.6 Å². The molecule has 0 spiro atoms. The van der Waals surface area contributed by atoms with Crippen LogP contribution in [0.3, 0.4) is 0 Å². The van der Waals surface area contributed by atoms with Gasteiger partial charge in [-0.1, -0.05) is 6.07 Å². The molecule has 1 aromatic rings. The van der Waals surface area contributed by atoms with Gasteiger partial charge in [0.25, 0.3) is 0 Å². The van der Waals surface area contributed by atoms with Crippen LogP contribution in [0.25, 0.3) is 0 Å². The zero-order valence-corrected chi connectivity index (χ0v) is 11.8. The standard InChI is InChI=1S/C14H23NO3/c1-10(2)18-9-12(15-3)11-6-7-13(16-4)14(8-11)17-5/h6-8,10,12,15H,9H2,1-5H3. The average Bonchev–Trinajstić information content (AvgIpc) is 2.38. The maximum Gasteiger partial charge on any atom is 0.161 e. The smallest absolute Gasteiger partial charge is 0.161 e. The third-order valence-corrected chi connectivity index (χ3v) is 2.75. The van der Waals surface area contributed by atoms with E-state index >= 15 is 0 Å². The van der Waals surface area contributed by atoms with Crippen molar-refractivity contribution in [2.24, 2.45) is 0 Å². The van der Waals surface area contributed by atoms with Crippen molar-refractivity contribution in [2.45, 2.75) is 26.0 Å². The Kier molecular flexibility index (Phi) is 5.95. The number of methoxy groups -OCH3 is 2. The van der Waals surface area contributed by atoms with Crippen molar-refractivity contribution in [1.29, 1.82) is 0 Å². The number of ether oxygens (including phenoxy) is 3. The van der Waals surface area contributed by atoms with Gasteiger partial charge < -0.3 is 19.5 Å². The number of likely N-dealkylation sites (N-methyl/N-ethyl adjacent to an activating group) is 1. The van der Waals surface area contributed by atoms with Crippen LogP contribution in [-0.2, 0) is 4.74 Å². The molecule has 0 bridgehead atoms. The predicted octanol–water partition coefficient (Wildman–Crippen LogP) is 2.39. The van der Waals surface area contributed by atoms with E-state index in [-0.39, 0.29) is 12.1 Å². The SMILES string of the molecule is CNC(COC(C)C)c1ccc(OC)c(OC)c1. The van der Waals surface area contributed by atoms with E-state index in [0.717, 1.165) is 17.1 Å². The van der Waals surface area contributed by atoms with Crippen LogP contribution >= 0.6 is 0 Å². The summed E-state index contributed by atoms with van der Waals surface area (Å²) < 4.78 is 16.2. The largest absolute Gasteiger partial charge is 0.493 e. The van der Waals surface area contributed by atoms with Crippen LogP contribution in [0.2, 0.25) is 0 Å². The van der Waals surface area contributed by atoms with Gasteiger partial charge in [0.05, 0.1) is 33.0 Å². The molecule has 0 heterocycles. The van der Waals surface area contributed by atoms with Crippen LogP contribution in [0.4, 0.5) is 0 Å². The summed E-state index contributed by atoms with van der Waals surface area (Å²) in [6.45, 7) is 4.69. The first-order chi connectivity index (χ1) is 8.62. The number of hydrogen-bond acceptors (Lipinski definition) is 4. The van der Waals surface area contributed by atoms with Crippen molar-refractivity contribution in [3.8, 4) is 11.5 Å². The van der Waals surface area contributed by atoms with Gasteiger partial charge in [0.1, 0.15) is 0 Å².